The first kappa shape index (κ1) is 15.3. The van der Waals surface area contributed by atoms with E-state index in [1.165, 1.54) is 51.4 Å². The second kappa shape index (κ2) is 7.08. The zero-order valence-electron chi connectivity index (χ0n) is 12.7. The van der Waals surface area contributed by atoms with E-state index in [9.17, 15) is 5.11 Å². The van der Waals surface area contributed by atoms with Crippen molar-refractivity contribution in [3.8, 4) is 0 Å². The molecule has 0 aliphatic heterocycles. The molecular formula is C17H33NO. The third kappa shape index (κ3) is 4.19. The molecule has 0 unspecified atom stereocenters. The number of unbranched alkanes of at least 4 members (excludes halogenated alkanes) is 2. The van der Waals surface area contributed by atoms with E-state index in [0.29, 0.717) is 5.92 Å². The van der Waals surface area contributed by atoms with Crippen molar-refractivity contribution in [2.24, 2.45) is 17.6 Å². The molecule has 0 aromatic heterocycles. The summed E-state index contributed by atoms with van der Waals surface area (Å²) in [5, 5.41) is 9.63. The third-order valence-electron chi connectivity index (χ3n) is 5.76. The molecule has 19 heavy (non-hydrogen) atoms. The number of aliphatic hydroxyl groups is 1. The van der Waals surface area contributed by atoms with Crippen molar-refractivity contribution in [1.29, 1.82) is 0 Å². The van der Waals surface area contributed by atoms with Gasteiger partial charge in [-0.05, 0) is 63.2 Å². The quantitative estimate of drug-likeness (QED) is 0.739. The summed E-state index contributed by atoms with van der Waals surface area (Å²) in [6, 6.07) is 0. The third-order valence-corrected chi connectivity index (χ3v) is 5.76. The zero-order chi connectivity index (χ0) is 13.7. The van der Waals surface area contributed by atoms with Gasteiger partial charge in [0.1, 0.15) is 0 Å². The fraction of sp³-hybridized carbons (Fsp3) is 1.00. The first-order valence-electron chi connectivity index (χ1n) is 8.61. The van der Waals surface area contributed by atoms with E-state index < -0.39 is 0 Å². The van der Waals surface area contributed by atoms with Crippen LogP contribution in [0.5, 0.6) is 0 Å². The number of aliphatic hydroxyl groups excluding tert-OH is 1. The topological polar surface area (TPSA) is 46.2 Å². The van der Waals surface area contributed by atoms with Crippen LogP contribution >= 0.6 is 0 Å². The molecule has 2 fully saturated rings. The van der Waals surface area contributed by atoms with Crippen LogP contribution in [0, 0.1) is 11.8 Å². The Morgan fingerprint density at radius 1 is 1.00 bits per heavy atom. The number of hydrogen-bond acceptors (Lipinski definition) is 2. The molecule has 0 radical (unpaired) electrons. The molecule has 0 saturated heterocycles. The lowest BCUT2D eigenvalue weighted by molar-refractivity contribution is 0.0621. The SMILES string of the molecule is CCCCCC1CCC(N)([C@H]2CC[C@H](O)CC2)CC1. The van der Waals surface area contributed by atoms with Gasteiger partial charge in [0.25, 0.3) is 0 Å². The molecular weight excluding hydrogens is 234 g/mol. The maximum Gasteiger partial charge on any atom is 0.0540 e. The van der Waals surface area contributed by atoms with Crippen molar-refractivity contribution in [3.05, 3.63) is 0 Å². The highest BCUT2D eigenvalue weighted by Crippen LogP contribution is 2.42. The van der Waals surface area contributed by atoms with Gasteiger partial charge in [0.2, 0.25) is 0 Å². The lowest BCUT2D eigenvalue weighted by Gasteiger charge is -2.45. The van der Waals surface area contributed by atoms with Gasteiger partial charge in [0.15, 0.2) is 0 Å². The van der Waals surface area contributed by atoms with E-state index in [0.717, 1.165) is 31.6 Å². The maximum atomic E-state index is 9.63. The second-order valence-electron chi connectivity index (χ2n) is 7.18. The minimum atomic E-state index is -0.0507. The number of nitrogens with two attached hydrogens (primary N) is 1. The van der Waals surface area contributed by atoms with E-state index in [-0.39, 0.29) is 11.6 Å². The average molecular weight is 267 g/mol. The molecule has 0 amide bonds. The first-order chi connectivity index (χ1) is 9.14. The molecule has 0 heterocycles. The van der Waals surface area contributed by atoms with E-state index in [1.807, 2.05) is 0 Å². The fourth-order valence-corrected chi connectivity index (χ4v) is 4.25. The van der Waals surface area contributed by atoms with Crippen molar-refractivity contribution in [2.45, 2.75) is 95.6 Å². The van der Waals surface area contributed by atoms with Crippen molar-refractivity contribution in [1.82, 2.24) is 0 Å². The lowest BCUT2D eigenvalue weighted by atomic mass is 9.65. The smallest absolute Gasteiger partial charge is 0.0540 e. The predicted molar refractivity (Wildman–Crippen MR) is 81.0 cm³/mol. The summed E-state index contributed by atoms with van der Waals surface area (Å²) in [4.78, 5) is 0. The van der Waals surface area contributed by atoms with Crippen LogP contribution in [-0.4, -0.2) is 16.7 Å². The molecule has 2 aliphatic carbocycles. The summed E-state index contributed by atoms with van der Waals surface area (Å²) < 4.78 is 0. The summed E-state index contributed by atoms with van der Waals surface area (Å²) in [5.74, 6) is 1.62. The summed E-state index contributed by atoms with van der Waals surface area (Å²) in [5.41, 5.74) is 6.81. The lowest BCUT2D eigenvalue weighted by Crippen LogP contribution is -2.51. The van der Waals surface area contributed by atoms with Crippen molar-refractivity contribution in [3.63, 3.8) is 0 Å². The molecule has 0 spiro atoms. The highest BCUT2D eigenvalue weighted by molar-refractivity contribution is 4.97. The Labute approximate surface area is 119 Å². The van der Waals surface area contributed by atoms with Crippen molar-refractivity contribution in [2.75, 3.05) is 0 Å². The van der Waals surface area contributed by atoms with E-state index in [1.54, 1.807) is 0 Å². The Morgan fingerprint density at radius 2 is 1.63 bits per heavy atom. The molecule has 0 atom stereocenters. The van der Waals surface area contributed by atoms with Gasteiger partial charge in [-0.15, -0.1) is 0 Å². The van der Waals surface area contributed by atoms with Gasteiger partial charge < -0.3 is 10.8 Å². The van der Waals surface area contributed by atoms with Gasteiger partial charge in [-0.1, -0.05) is 32.6 Å². The maximum absolute atomic E-state index is 9.63. The Morgan fingerprint density at radius 3 is 2.21 bits per heavy atom. The summed E-state index contributed by atoms with van der Waals surface area (Å²) in [6.07, 6.45) is 14.9. The standard InChI is InChI=1S/C17H33NO/c1-2-3-4-5-14-10-12-17(18,13-11-14)15-6-8-16(19)9-7-15/h14-16,19H,2-13,18H2,1H3/t14?,15-,16-,17?. The summed E-state index contributed by atoms with van der Waals surface area (Å²) >= 11 is 0. The summed E-state index contributed by atoms with van der Waals surface area (Å²) in [6.45, 7) is 2.28. The van der Waals surface area contributed by atoms with Crippen LogP contribution in [0.25, 0.3) is 0 Å². The number of rotatable bonds is 5. The highest BCUT2D eigenvalue weighted by Gasteiger charge is 2.39. The summed E-state index contributed by atoms with van der Waals surface area (Å²) in [7, 11) is 0. The monoisotopic (exact) mass is 267 g/mol. The van der Waals surface area contributed by atoms with E-state index in [2.05, 4.69) is 6.92 Å². The molecule has 112 valence electrons. The minimum absolute atomic E-state index is 0.0507. The van der Waals surface area contributed by atoms with Gasteiger partial charge in [0.05, 0.1) is 6.10 Å². The molecule has 2 aliphatic rings. The molecule has 2 rings (SSSR count). The largest absolute Gasteiger partial charge is 0.393 e. The Hall–Kier alpha value is -0.0800. The van der Waals surface area contributed by atoms with E-state index >= 15 is 0 Å². The van der Waals surface area contributed by atoms with Crippen LogP contribution in [0.4, 0.5) is 0 Å². The van der Waals surface area contributed by atoms with Gasteiger partial charge in [-0.3, -0.25) is 0 Å². The Bertz CT molecular complexity index is 250. The molecule has 0 bridgehead atoms. The average Bonchev–Trinajstić information content (AvgIpc) is 2.42. The second-order valence-corrected chi connectivity index (χ2v) is 7.18. The van der Waals surface area contributed by atoms with Crippen LogP contribution in [-0.2, 0) is 0 Å². The fourth-order valence-electron chi connectivity index (χ4n) is 4.25. The Balaban J connectivity index is 1.74. The van der Waals surface area contributed by atoms with Crippen LogP contribution in [0.3, 0.4) is 0 Å². The van der Waals surface area contributed by atoms with Gasteiger partial charge >= 0.3 is 0 Å². The molecule has 0 aromatic rings. The first-order valence-corrected chi connectivity index (χ1v) is 8.61. The zero-order valence-corrected chi connectivity index (χ0v) is 12.7. The van der Waals surface area contributed by atoms with Crippen LogP contribution < -0.4 is 5.73 Å². The normalized spacial score (nSPS) is 40.3. The molecule has 2 saturated carbocycles. The van der Waals surface area contributed by atoms with E-state index in [4.69, 9.17) is 5.73 Å². The van der Waals surface area contributed by atoms with Crippen molar-refractivity contribution >= 4 is 0 Å². The van der Waals surface area contributed by atoms with Gasteiger partial charge in [0, 0.05) is 5.54 Å². The Kier molecular flexibility index (Phi) is 5.70. The van der Waals surface area contributed by atoms with Crippen molar-refractivity contribution < 1.29 is 5.11 Å². The molecule has 0 aromatic carbocycles. The number of hydrogen-bond donors (Lipinski definition) is 2. The highest BCUT2D eigenvalue weighted by atomic mass is 16.3. The van der Waals surface area contributed by atoms with Crippen LogP contribution in [0.15, 0.2) is 0 Å². The molecule has 2 nitrogen and oxygen atoms in total. The predicted octanol–water partition coefficient (Wildman–Crippen LogP) is 4.01. The van der Waals surface area contributed by atoms with Crippen LogP contribution in [0.1, 0.15) is 84.0 Å². The molecule has 3 N–H and O–H groups in total. The van der Waals surface area contributed by atoms with Gasteiger partial charge in [-0.25, -0.2) is 0 Å². The molecule has 2 heteroatoms. The minimum Gasteiger partial charge on any atom is -0.393 e. The van der Waals surface area contributed by atoms with Gasteiger partial charge in [-0.2, -0.15) is 0 Å². The van der Waals surface area contributed by atoms with Crippen LogP contribution in [0.2, 0.25) is 0 Å².